The minimum Gasteiger partial charge on any atom is -0.504 e. The van der Waals surface area contributed by atoms with Gasteiger partial charge in [0.25, 0.3) is 11.6 Å². The molecule has 12 unspecified atom stereocenters. The highest BCUT2D eigenvalue weighted by molar-refractivity contribution is 6.12. The molecule has 2 fully saturated rings. The molecule has 12 atom stereocenters. The summed E-state index contributed by atoms with van der Waals surface area (Å²) in [5.41, 5.74) is -19.9. The first-order chi connectivity index (χ1) is 63.4. The summed E-state index contributed by atoms with van der Waals surface area (Å²) in [5.74, 6) is -76.8. The lowest BCUT2D eigenvalue weighted by Gasteiger charge is -2.44. The van der Waals surface area contributed by atoms with E-state index in [1.54, 1.807) is 0 Å². The van der Waals surface area contributed by atoms with E-state index in [1.807, 2.05) is 0 Å². The molecule has 0 aromatic heterocycles. The molecule has 0 spiro atoms. The van der Waals surface area contributed by atoms with Crippen LogP contribution in [0.4, 0.5) is 0 Å². The number of carbonyl (C=O) groups excluding carboxylic acids is 11. The Morgan fingerprint density at radius 2 is 0.689 bits per heavy atom. The number of phenols is 25. The summed E-state index contributed by atoms with van der Waals surface area (Å²) in [7, 11) is 0. The van der Waals surface area contributed by atoms with E-state index in [1.165, 1.54) is 0 Å². The SMILES string of the molecule is O=C1OC2C3COC(=O)c4cc(Oc5c(C(=O)OC6C(OC(=O)c7cc(O)c(O)c(O)c7)OC7COC(=O)c8cc(O)c(O)c(O)c8-c8c(cc(O)c(O)c8O)C(=O)OC6C7OC(=O)c6cc(O)c(O)c(O)c6)cc(O)c(O)c5O)c(O)c(O)c4-c4c(cc(O)c(O)c4O)C(=O)OC2C(OC(=O)c2cc(O)c(O)c4c2C2C1=CC(=O)C(O)(O)C2(O)O4)C(OC(=O)c1cc(O)c(O)c(O)c1)O3. The molecule has 0 radical (unpaired) electrons. The molecule has 702 valence electrons. The van der Waals surface area contributed by atoms with Crippen LogP contribution < -0.4 is 9.47 Å². The number of ether oxygens (including phenoxy) is 14. The van der Waals surface area contributed by atoms with Crippen molar-refractivity contribution < 1.29 is 262 Å². The van der Waals surface area contributed by atoms with Gasteiger partial charge in [-0.1, -0.05) is 0 Å². The second kappa shape index (κ2) is 32.0. The van der Waals surface area contributed by atoms with E-state index in [-0.39, 0.29) is 30.3 Å². The molecule has 53 heteroatoms. The number of rotatable bonds is 10. The standard InChI is InChI=1S/C82H56O53/c83-26-1-16(2-27(84)47(26)95)69(109)127-62-38-14-122-72(112)19-7-32(89)50(98)56(104)41(19)42-20(8-33(90)51(99)57(42)105)74(114)129-65(62)68(80(125-38)134-71(111)18-5-30(87)49(97)31(88)6-18)132-78(118)25-11-35(92)53(101)60(108)61(25)124-37-12-23-44(59(107)55(37)103)43-21(9-34(91)52(100)58(43)106)75(115)130-66-63-39(15-123-73(23)113)126-79(133-70(110)17-3-28(85)48(96)29(86)4-17)67(66)131-76(116)22-10-36(93)54(102)64-45(22)46-24(77(117)128-63)13-40(94)81(119,120)82(46,121)135-64/h1-13,38-39,46,62-63,65-68,79-80,83-93,95-108,119-121H,14-15H2. The monoisotopic (exact) mass is 1890 g/mol. The fourth-order valence-electron chi connectivity index (χ4n) is 15.4. The summed E-state index contributed by atoms with van der Waals surface area (Å²) in [5, 5.41) is 311. The topological polar surface area (TPSA) is 883 Å². The number of hydrogen-bond donors (Lipinski definition) is 28. The zero-order valence-electron chi connectivity index (χ0n) is 66.0. The number of aromatic hydroxyl groups is 25. The third kappa shape index (κ3) is 14.4. The van der Waals surface area contributed by atoms with Crippen LogP contribution in [-0.4, -0.2) is 295 Å². The molecule has 0 amide bonds. The molecule has 0 saturated carbocycles. The lowest BCUT2D eigenvalue weighted by atomic mass is 9.74. The molecule has 1 aliphatic carbocycles. The highest BCUT2D eigenvalue weighted by Crippen LogP contribution is 2.62. The first-order valence-electron chi connectivity index (χ1n) is 37.6. The van der Waals surface area contributed by atoms with Crippen molar-refractivity contribution in [1.82, 2.24) is 0 Å². The zero-order chi connectivity index (χ0) is 98.0. The maximum absolute atomic E-state index is 15.7. The second-order valence-corrected chi connectivity index (χ2v) is 29.9. The van der Waals surface area contributed by atoms with Crippen molar-refractivity contribution in [2.75, 3.05) is 13.2 Å². The van der Waals surface area contributed by atoms with E-state index >= 15 is 28.8 Å². The molecule has 16 rings (SSSR count). The van der Waals surface area contributed by atoms with Crippen molar-refractivity contribution in [3.8, 4) is 183 Å². The predicted octanol–water partition coefficient (Wildman–Crippen LogP) is 0.965. The average molecular weight is 1890 g/mol. The van der Waals surface area contributed by atoms with Gasteiger partial charge in [0.2, 0.25) is 70.8 Å². The number of phenolic OH excluding ortho intramolecular Hbond substituents is 25. The maximum Gasteiger partial charge on any atom is 0.342 e. The van der Waals surface area contributed by atoms with Gasteiger partial charge in [0.15, 0.2) is 145 Å². The Morgan fingerprint density at radius 1 is 0.326 bits per heavy atom. The van der Waals surface area contributed by atoms with Gasteiger partial charge in [0.05, 0.1) is 56.0 Å². The van der Waals surface area contributed by atoms with Crippen LogP contribution in [0.1, 0.15) is 105 Å². The zero-order valence-corrected chi connectivity index (χ0v) is 66.0. The molecule has 53 nitrogen and oxygen atoms in total. The summed E-state index contributed by atoms with van der Waals surface area (Å²) in [6.45, 7) is -3.32. The fraction of sp³-hybridized carbons (Fsp3) is 0.183. The first-order valence-corrected chi connectivity index (χ1v) is 37.6. The molecule has 9 aromatic carbocycles. The first kappa shape index (κ1) is 89.9. The van der Waals surface area contributed by atoms with Gasteiger partial charge in [-0.15, -0.1) is 0 Å². The number of benzene rings is 9. The van der Waals surface area contributed by atoms with Gasteiger partial charge in [-0.05, 0) is 66.7 Å². The lowest BCUT2D eigenvalue weighted by molar-refractivity contribution is -0.323. The van der Waals surface area contributed by atoms with Crippen molar-refractivity contribution >= 4 is 65.5 Å². The molecule has 7 aliphatic rings. The Hall–Kier alpha value is -18.5. The largest absolute Gasteiger partial charge is 0.504 e. The van der Waals surface area contributed by atoms with Gasteiger partial charge in [0.1, 0.15) is 31.0 Å². The molecule has 6 aliphatic heterocycles. The van der Waals surface area contributed by atoms with E-state index < -0.39 is 402 Å². The third-order valence-electron chi connectivity index (χ3n) is 21.9. The Kier molecular flexibility index (Phi) is 21.3. The predicted molar refractivity (Wildman–Crippen MR) is 411 cm³/mol. The van der Waals surface area contributed by atoms with Crippen molar-refractivity contribution in [3.05, 3.63) is 140 Å². The smallest absolute Gasteiger partial charge is 0.342 e. The summed E-state index contributed by atoms with van der Waals surface area (Å²) in [6.07, 6.45) is -28.7. The average Bonchev–Trinajstić information content (AvgIpc) is 1.53. The van der Waals surface area contributed by atoms with Crippen molar-refractivity contribution in [2.24, 2.45) is 0 Å². The number of cyclic esters (lactones) is 2. The molecule has 28 N–H and O–H groups in total. The Balaban J connectivity index is 0.846. The molecule has 135 heavy (non-hydrogen) atoms. The van der Waals surface area contributed by atoms with Crippen molar-refractivity contribution in [2.45, 2.75) is 78.9 Å². The molecular formula is C82H56O53. The van der Waals surface area contributed by atoms with Crippen LogP contribution in [0.5, 0.6) is 161 Å². The number of fused-ring (bicyclic) bond motifs is 8. The van der Waals surface area contributed by atoms with Gasteiger partial charge in [0, 0.05) is 39.9 Å². The number of aliphatic hydroxyl groups is 3. The van der Waals surface area contributed by atoms with Crippen LogP contribution in [-0.2, 0) is 66.4 Å². The van der Waals surface area contributed by atoms with E-state index in [0.29, 0.717) is 48.5 Å². The summed E-state index contributed by atoms with van der Waals surface area (Å²) >= 11 is 0. The Bertz CT molecular complexity index is 6790. The highest BCUT2D eigenvalue weighted by Gasteiger charge is 2.71. The van der Waals surface area contributed by atoms with Crippen molar-refractivity contribution in [3.63, 3.8) is 0 Å². The highest BCUT2D eigenvalue weighted by atomic mass is 16.8. The van der Waals surface area contributed by atoms with E-state index in [4.69, 9.17) is 66.3 Å². The van der Waals surface area contributed by atoms with Crippen LogP contribution >= 0.6 is 0 Å². The van der Waals surface area contributed by atoms with Gasteiger partial charge >= 0.3 is 59.7 Å². The quantitative estimate of drug-likeness (QED) is 0.0392. The summed E-state index contributed by atoms with van der Waals surface area (Å²) < 4.78 is 80.2. The van der Waals surface area contributed by atoms with Crippen LogP contribution in [0.25, 0.3) is 22.3 Å². The Morgan fingerprint density at radius 3 is 1.18 bits per heavy atom. The van der Waals surface area contributed by atoms with Crippen LogP contribution in [0, 0.1) is 0 Å². The van der Waals surface area contributed by atoms with Gasteiger partial charge < -0.3 is 209 Å². The maximum atomic E-state index is 15.7. The summed E-state index contributed by atoms with van der Waals surface area (Å²) in [4.78, 5) is 164. The van der Waals surface area contributed by atoms with Crippen LogP contribution in [0.3, 0.4) is 0 Å². The minimum atomic E-state index is -4.23. The number of ketones is 1. The number of carbonyl (C=O) groups is 11. The normalized spacial score (nSPS) is 22.5. The second-order valence-electron chi connectivity index (χ2n) is 29.9. The molecule has 9 aromatic rings. The third-order valence-corrected chi connectivity index (χ3v) is 21.9. The van der Waals surface area contributed by atoms with Crippen LogP contribution in [0.2, 0.25) is 0 Å². The summed E-state index contributed by atoms with van der Waals surface area (Å²) in [6, 6.07) is 3.47. The number of hydrogen-bond acceptors (Lipinski definition) is 53. The molecule has 6 bridgehead atoms. The van der Waals surface area contributed by atoms with Crippen LogP contribution in [0.15, 0.2) is 84.4 Å². The van der Waals surface area contributed by atoms with E-state index in [0.717, 1.165) is 0 Å². The number of esters is 10. The van der Waals surface area contributed by atoms with Gasteiger partial charge in [-0.2, -0.15) is 0 Å². The van der Waals surface area contributed by atoms with Gasteiger partial charge in [-0.3, -0.25) is 4.79 Å². The van der Waals surface area contributed by atoms with Gasteiger partial charge in [-0.25, -0.2) is 47.9 Å². The van der Waals surface area contributed by atoms with E-state index in [2.05, 4.69) is 0 Å². The van der Waals surface area contributed by atoms with E-state index in [9.17, 15) is 167 Å². The van der Waals surface area contributed by atoms with Crippen molar-refractivity contribution in [1.29, 1.82) is 0 Å². The Labute approximate surface area is 740 Å². The molecular weight excluding hydrogens is 1830 g/mol. The molecule has 2 saturated heterocycles. The molecule has 6 heterocycles. The minimum absolute atomic E-state index is 0.0394. The lowest BCUT2D eigenvalue weighted by Crippen LogP contribution is -2.66. The fourth-order valence-corrected chi connectivity index (χ4v) is 15.4.